The number of anilines is 1. The Morgan fingerprint density at radius 2 is 1.31 bits per heavy atom. The Hall–Kier alpha value is -1.09. The highest BCUT2D eigenvalue weighted by molar-refractivity contribution is 7.80. The average molecular weight is 377 g/mol. The summed E-state index contributed by atoms with van der Waals surface area (Å²) < 4.78 is 0. The van der Waals surface area contributed by atoms with Crippen LogP contribution >= 0.6 is 12.2 Å². The number of nitrogens with one attached hydrogen (secondary N) is 1. The minimum atomic E-state index is 0.888. The van der Waals surface area contributed by atoms with Crippen molar-refractivity contribution in [2.45, 2.75) is 91.4 Å². The fourth-order valence-electron chi connectivity index (χ4n) is 3.11. The van der Waals surface area contributed by atoms with Crippen LogP contribution in [0.1, 0.15) is 90.5 Å². The van der Waals surface area contributed by atoms with Crippen LogP contribution in [-0.4, -0.2) is 23.1 Å². The zero-order valence-electron chi connectivity index (χ0n) is 17.4. The SMILES string of the molecule is CCCCCCN(CCCCCC)C(=S)Nc1ccc(CCCC)cc1. The van der Waals surface area contributed by atoms with E-state index in [0.29, 0.717) is 0 Å². The molecule has 0 bridgehead atoms. The van der Waals surface area contributed by atoms with Crippen LogP contribution in [0.4, 0.5) is 5.69 Å². The molecule has 0 fully saturated rings. The molecule has 1 rings (SSSR count). The molecule has 0 saturated carbocycles. The highest BCUT2D eigenvalue weighted by atomic mass is 32.1. The lowest BCUT2D eigenvalue weighted by molar-refractivity contribution is 0.391. The Morgan fingerprint density at radius 1 is 0.769 bits per heavy atom. The van der Waals surface area contributed by atoms with Gasteiger partial charge in [0.2, 0.25) is 0 Å². The summed E-state index contributed by atoms with van der Waals surface area (Å²) in [7, 11) is 0. The van der Waals surface area contributed by atoms with Crippen molar-refractivity contribution in [2.75, 3.05) is 18.4 Å². The number of hydrogen-bond acceptors (Lipinski definition) is 1. The number of aryl methyl sites for hydroxylation is 1. The van der Waals surface area contributed by atoms with Gasteiger partial charge in [-0.15, -0.1) is 0 Å². The van der Waals surface area contributed by atoms with Gasteiger partial charge in [-0.1, -0.05) is 77.8 Å². The molecule has 0 radical (unpaired) electrons. The summed E-state index contributed by atoms with van der Waals surface area (Å²) in [6.07, 6.45) is 14.0. The third kappa shape index (κ3) is 10.2. The Morgan fingerprint density at radius 3 is 1.81 bits per heavy atom. The van der Waals surface area contributed by atoms with Gasteiger partial charge in [0.1, 0.15) is 0 Å². The maximum absolute atomic E-state index is 5.73. The predicted octanol–water partition coefficient (Wildman–Crippen LogP) is 7.19. The molecule has 3 heteroatoms. The van der Waals surface area contributed by atoms with E-state index in [0.717, 1.165) is 23.9 Å². The summed E-state index contributed by atoms with van der Waals surface area (Å²) in [5, 5.41) is 4.35. The Balaban J connectivity index is 2.52. The van der Waals surface area contributed by atoms with Crippen LogP contribution in [0, 0.1) is 0 Å². The molecule has 26 heavy (non-hydrogen) atoms. The van der Waals surface area contributed by atoms with E-state index >= 15 is 0 Å². The van der Waals surface area contributed by atoms with Gasteiger partial charge in [0.05, 0.1) is 0 Å². The van der Waals surface area contributed by atoms with E-state index in [1.165, 1.54) is 76.2 Å². The van der Waals surface area contributed by atoms with Crippen LogP contribution < -0.4 is 5.32 Å². The molecule has 0 saturated heterocycles. The summed E-state index contributed by atoms with van der Waals surface area (Å²) in [6.45, 7) is 8.92. The second-order valence-corrected chi connectivity index (χ2v) is 7.73. The maximum atomic E-state index is 5.73. The molecular formula is C23H40N2S. The molecule has 0 spiro atoms. The summed E-state index contributed by atoms with van der Waals surface area (Å²) >= 11 is 5.73. The number of rotatable bonds is 14. The normalized spacial score (nSPS) is 10.7. The van der Waals surface area contributed by atoms with E-state index < -0.39 is 0 Å². The second-order valence-electron chi connectivity index (χ2n) is 7.34. The van der Waals surface area contributed by atoms with E-state index in [4.69, 9.17) is 12.2 Å². The van der Waals surface area contributed by atoms with Crippen LogP contribution in [0.2, 0.25) is 0 Å². The van der Waals surface area contributed by atoms with Crippen molar-refractivity contribution in [3.05, 3.63) is 29.8 Å². The number of thiocarbonyl (C=S) groups is 1. The van der Waals surface area contributed by atoms with Crippen molar-refractivity contribution < 1.29 is 0 Å². The third-order valence-electron chi connectivity index (χ3n) is 4.87. The largest absolute Gasteiger partial charge is 0.349 e. The molecule has 2 nitrogen and oxygen atoms in total. The molecule has 0 aliphatic heterocycles. The topological polar surface area (TPSA) is 15.3 Å². The monoisotopic (exact) mass is 376 g/mol. The first kappa shape index (κ1) is 23.0. The molecule has 148 valence electrons. The van der Waals surface area contributed by atoms with Gasteiger partial charge in [-0.3, -0.25) is 0 Å². The van der Waals surface area contributed by atoms with Gasteiger partial charge in [-0.25, -0.2) is 0 Å². The van der Waals surface area contributed by atoms with Gasteiger partial charge in [0.25, 0.3) is 0 Å². The molecule has 1 aromatic carbocycles. The first-order valence-electron chi connectivity index (χ1n) is 10.9. The van der Waals surface area contributed by atoms with Crippen LogP contribution in [-0.2, 0) is 6.42 Å². The molecule has 0 aliphatic carbocycles. The van der Waals surface area contributed by atoms with Crippen molar-refractivity contribution in [1.82, 2.24) is 4.90 Å². The van der Waals surface area contributed by atoms with Crippen LogP contribution in [0.3, 0.4) is 0 Å². The van der Waals surface area contributed by atoms with Crippen molar-refractivity contribution in [3.8, 4) is 0 Å². The minimum Gasteiger partial charge on any atom is -0.349 e. The van der Waals surface area contributed by atoms with Crippen molar-refractivity contribution in [2.24, 2.45) is 0 Å². The van der Waals surface area contributed by atoms with Crippen molar-refractivity contribution >= 4 is 23.0 Å². The zero-order chi connectivity index (χ0) is 19.0. The average Bonchev–Trinajstić information content (AvgIpc) is 2.66. The standard InChI is InChI=1S/C23H40N2S/c1-4-7-10-12-19-25(20-13-11-8-5-2)23(26)24-22-17-15-21(16-18-22)14-9-6-3/h15-18H,4-14,19-20H2,1-3H3,(H,24,26). The lowest BCUT2D eigenvalue weighted by Crippen LogP contribution is -2.36. The molecule has 1 N–H and O–H groups in total. The molecule has 1 aromatic rings. The molecule has 0 amide bonds. The fraction of sp³-hybridized carbons (Fsp3) is 0.696. The van der Waals surface area contributed by atoms with Gasteiger partial charge >= 0.3 is 0 Å². The molecule has 0 aromatic heterocycles. The summed E-state index contributed by atoms with van der Waals surface area (Å²) in [4.78, 5) is 2.38. The maximum Gasteiger partial charge on any atom is 0.173 e. The number of nitrogens with zero attached hydrogens (tertiary/aromatic N) is 1. The predicted molar refractivity (Wildman–Crippen MR) is 121 cm³/mol. The highest BCUT2D eigenvalue weighted by Crippen LogP contribution is 2.14. The van der Waals surface area contributed by atoms with Gasteiger partial charge < -0.3 is 10.2 Å². The molecule has 0 aliphatic rings. The minimum absolute atomic E-state index is 0.888. The summed E-state index contributed by atoms with van der Waals surface area (Å²) in [5.74, 6) is 0. The van der Waals surface area contributed by atoms with Gasteiger partial charge in [0, 0.05) is 18.8 Å². The fourth-order valence-corrected chi connectivity index (χ4v) is 3.41. The van der Waals surface area contributed by atoms with Gasteiger partial charge in [-0.2, -0.15) is 0 Å². The van der Waals surface area contributed by atoms with Gasteiger partial charge in [-0.05, 0) is 55.6 Å². The van der Waals surface area contributed by atoms with E-state index in [-0.39, 0.29) is 0 Å². The zero-order valence-corrected chi connectivity index (χ0v) is 18.2. The summed E-state index contributed by atoms with van der Waals surface area (Å²) in [6, 6.07) is 8.80. The van der Waals surface area contributed by atoms with Crippen LogP contribution in [0.5, 0.6) is 0 Å². The van der Waals surface area contributed by atoms with E-state index in [1.54, 1.807) is 0 Å². The lowest BCUT2D eigenvalue weighted by atomic mass is 10.1. The van der Waals surface area contributed by atoms with Gasteiger partial charge in [0.15, 0.2) is 5.11 Å². The Kier molecular flexibility index (Phi) is 13.3. The molecule has 0 atom stereocenters. The quantitative estimate of drug-likeness (QED) is 0.273. The van der Waals surface area contributed by atoms with E-state index in [9.17, 15) is 0 Å². The number of benzene rings is 1. The number of hydrogen-bond donors (Lipinski definition) is 1. The second kappa shape index (κ2) is 15.0. The van der Waals surface area contributed by atoms with Crippen molar-refractivity contribution in [1.29, 1.82) is 0 Å². The smallest absolute Gasteiger partial charge is 0.173 e. The number of unbranched alkanes of at least 4 members (excludes halogenated alkanes) is 7. The third-order valence-corrected chi connectivity index (χ3v) is 5.23. The highest BCUT2D eigenvalue weighted by Gasteiger charge is 2.09. The Bertz CT molecular complexity index is 458. The first-order valence-corrected chi connectivity index (χ1v) is 11.3. The van der Waals surface area contributed by atoms with Crippen LogP contribution in [0.25, 0.3) is 0 Å². The van der Waals surface area contributed by atoms with E-state index in [1.807, 2.05) is 0 Å². The first-order chi connectivity index (χ1) is 12.7. The van der Waals surface area contributed by atoms with Crippen molar-refractivity contribution in [3.63, 3.8) is 0 Å². The molecule has 0 unspecified atom stereocenters. The van der Waals surface area contributed by atoms with E-state index in [2.05, 4.69) is 55.3 Å². The lowest BCUT2D eigenvalue weighted by Gasteiger charge is -2.26. The molecule has 0 heterocycles. The Labute approximate surface area is 167 Å². The van der Waals surface area contributed by atoms with Crippen LogP contribution in [0.15, 0.2) is 24.3 Å². The summed E-state index contributed by atoms with van der Waals surface area (Å²) in [5.41, 5.74) is 2.53. The molecular weight excluding hydrogens is 336 g/mol.